The molecule has 0 saturated heterocycles. The highest BCUT2D eigenvalue weighted by Gasteiger charge is 1.74. The van der Waals surface area contributed by atoms with Crippen LogP contribution < -0.4 is 0 Å². The molecule has 0 aliphatic rings. The third-order valence-electron chi connectivity index (χ3n) is 0.756. The molecule has 43 valence electrons. The van der Waals surface area contributed by atoms with Crippen molar-refractivity contribution in [2.24, 2.45) is 0 Å². The lowest BCUT2D eigenvalue weighted by atomic mass is 10.3. The van der Waals surface area contributed by atoms with Crippen molar-refractivity contribution in [2.45, 2.75) is 0 Å². The van der Waals surface area contributed by atoms with Gasteiger partial charge in [0.25, 0.3) is 0 Å². The van der Waals surface area contributed by atoms with E-state index < -0.39 is 0 Å². The maximum Gasteiger partial charge on any atom is 0.115 e. The van der Waals surface area contributed by atoms with Crippen LogP contribution in [-0.4, -0.2) is 10.6 Å². The van der Waals surface area contributed by atoms with Crippen molar-refractivity contribution in [1.29, 1.82) is 0 Å². The summed E-state index contributed by atoms with van der Waals surface area (Å²) in [5, 5.41) is 8.63. The fraction of sp³-hybridized carbons (Fsp3) is 0. The van der Waals surface area contributed by atoms with Crippen LogP contribution >= 0.6 is 0 Å². The Labute approximate surface area is 47.7 Å². The van der Waals surface area contributed by atoms with Gasteiger partial charge in [-0.05, 0) is 12.1 Å². The van der Waals surface area contributed by atoms with Crippen LogP contribution in [0.4, 0.5) is 0 Å². The molecule has 2 heteroatoms. The van der Waals surface area contributed by atoms with Crippen LogP contribution in [0.15, 0.2) is 30.3 Å². The summed E-state index contributed by atoms with van der Waals surface area (Å²) in [6, 6.07) is 8.71. The van der Waals surface area contributed by atoms with E-state index in [1.54, 1.807) is 24.3 Å². The van der Waals surface area contributed by atoms with Crippen molar-refractivity contribution in [3.8, 4) is 5.75 Å². The van der Waals surface area contributed by atoms with Gasteiger partial charge in [-0.1, -0.05) is 18.2 Å². The first-order valence-electron chi connectivity index (χ1n) is 2.13. The second kappa shape index (κ2) is 3.04. The lowest BCUT2D eigenvalue weighted by Gasteiger charge is -1.82. The van der Waals surface area contributed by atoms with E-state index in [1.165, 1.54) is 0 Å². The second-order valence-electron chi connectivity index (χ2n) is 1.34. The number of rotatable bonds is 0. The lowest BCUT2D eigenvalue weighted by molar-refractivity contribution is 0.475. The van der Waals surface area contributed by atoms with E-state index in [4.69, 9.17) is 5.11 Å². The molecule has 0 aliphatic heterocycles. The molecule has 0 amide bonds. The molecule has 0 spiro atoms. The summed E-state index contributed by atoms with van der Waals surface area (Å²) < 4.78 is 0. The van der Waals surface area contributed by atoms with Crippen LogP contribution in [0.2, 0.25) is 0 Å². The summed E-state index contributed by atoms with van der Waals surface area (Å²) in [7, 11) is 0. The van der Waals surface area contributed by atoms with Gasteiger partial charge in [0, 0.05) is 0 Å². The van der Waals surface area contributed by atoms with Crippen molar-refractivity contribution in [3.63, 3.8) is 0 Å². The number of phenolic OH excluding ortho intramolecular Hbond substituents is 1. The standard InChI is InChI=1S/C6H6O.HO/c7-6-4-2-1-3-5-6;/h1-5,7H;1H. The molecule has 0 atom stereocenters. The van der Waals surface area contributed by atoms with Gasteiger partial charge in [0.15, 0.2) is 0 Å². The van der Waals surface area contributed by atoms with Crippen LogP contribution in [0.25, 0.3) is 0 Å². The van der Waals surface area contributed by atoms with Crippen LogP contribution in [0.1, 0.15) is 0 Å². The van der Waals surface area contributed by atoms with Crippen molar-refractivity contribution in [3.05, 3.63) is 30.3 Å². The van der Waals surface area contributed by atoms with Gasteiger partial charge in [-0.15, -0.1) is 0 Å². The van der Waals surface area contributed by atoms with Gasteiger partial charge in [-0.3, -0.25) is 5.48 Å². The molecule has 1 aromatic rings. The van der Waals surface area contributed by atoms with Crippen LogP contribution in [0.5, 0.6) is 5.75 Å². The van der Waals surface area contributed by atoms with E-state index >= 15 is 0 Å². The number of para-hydroxylation sites is 1. The molecule has 0 fully saturated rings. The Hall–Kier alpha value is -1.02. The van der Waals surface area contributed by atoms with Crippen molar-refractivity contribution in [2.75, 3.05) is 0 Å². The summed E-state index contributed by atoms with van der Waals surface area (Å²) in [5.74, 6) is 0.322. The Kier molecular flexibility index (Phi) is 2.66. The van der Waals surface area contributed by atoms with Crippen molar-refractivity contribution >= 4 is 0 Å². The summed E-state index contributed by atoms with van der Waals surface area (Å²) in [6.07, 6.45) is 0. The van der Waals surface area contributed by atoms with Gasteiger partial charge in [0.1, 0.15) is 5.75 Å². The molecule has 2 nitrogen and oxygen atoms in total. The maximum atomic E-state index is 8.63. The van der Waals surface area contributed by atoms with E-state index in [0.29, 0.717) is 5.75 Å². The van der Waals surface area contributed by atoms with Gasteiger partial charge in [0.2, 0.25) is 0 Å². The largest absolute Gasteiger partial charge is 0.508 e. The van der Waals surface area contributed by atoms with E-state index in [-0.39, 0.29) is 5.48 Å². The first-order valence-corrected chi connectivity index (χ1v) is 2.13. The van der Waals surface area contributed by atoms with Gasteiger partial charge in [-0.2, -0.15) is 0 Å². The SMILES string of the molecule is Oc1ccccc1.[OH]. The first-order chi connectivity index (χ1) is 3.39. The quantitative estimate of drug-likeness (QED) is 0.519. The van der Waals surface area contributed by atoms with Gasteiger partial charge >= 0.3 is 0 Å². The minimum Gasteiger partial charge on any atom is -0.508 e. The Balaban J connectivity index is 0.000000490. The average Bonchev–Trinajstić information content (AvgIpc) is 1.69. The predicted octanol–water partition coefficient (Wildman–Crippen LogP) is 1.22. The third-order valence-corrected chi connectivity index (χ3v) is 0.756. The van der Waals surface area contributed by atoms with E-state index in [0.717, 1.165) is 0 Å². The summed E-state index contributed by atoms with van der Waals surface area (Å²) >= 11 is 0. The minimum atomic E-state index is 0. The van der Waals surface area contributed by atoms with E-state index in [1.807, 2.05) is 6.07 Å². The van der Waals surface area contributed by atoms with Crippen molar-refractivity contribution in [1.82, 2.24) is 0 Å². The molecule has 1 radical (unpaired) electrons. The molecule has 0 aliphatic carbocycles. The molecule has 0 saturated carbocycles. The summed E-state index contributed by atoms with van der Waals surface area (Å²) in [4.78, 5) is 0. The zero-order valence-electron chi connectivity index (χ0n) is 4.28. The molecular formula is C6H7O2. The van der Waals surface area contributed by atoms with Crippen LogP contribution in [0.3, 0.4) is 0 Å². The van der Waals surface area contributed by atoms with E-state index in [2.05, 4.69) is 0 Å². The fourth-order valence-corrected chi connectivity index (χ4v) is 0.428. The lowest BCUT2D eigenvalue weighted by Crippen LogP contribution is -1.56. The molecule has 0 aromatic heterocycles. The highest BCUT2D eigenvalue weighted by molar-refractivity contribution is 5.18. The molecule has 0 unspecified atom stereocenters. The minimum absolute atomic E-state index is 0. The topological polar surface area (TPSA) is 50.2 Å². The highest BCUT2D eigenvalue weighted by atomic mass is 16.3. The summed E-state index contributed by atoms with van der Waals surface area (Å²) in [6.45, 7) is 0. The second-order valence-corrected chi connectivity index (χ2v) is 1.34. The monoisotopic (exact) mass is 111 g/mol. The Morgan fingerprint density at radius 3 is 1.75 bits per heavy atom. The number of benzene rings is 1. The molecule has 2 N–H and O–H groups in total. The van der Waals surface area contributed by atoms with Gasteiger partial charge < -0.3 is 5.11 Å². The molecule has 1 rings (SSSR count). The van der Waals surface area contributed by atoms with Crippen molar-refractivity contribution < 1.29 is 10.6 Å². The molecule has 1 aromatic carbocycles. The number of phenols is 1. The summed E-state index contributed by atoms with van der Waals surface area (Å²) in [5.41, 5.74) is 0. The highest BCUT2D eigenvalue weighted by Crippen LogP contribution is 2.02. The zero-order valence-corrected chi connectivity index (χ0v) is 4.28. The van der Waals surface area contributed by atoms with Gasteiger partial charge in [0.05, 0.1) is 0 Å². The van der Waals surface area contributed by atoms with E-state index in [9.17, 15) is 0 Å². The maximum absolute atomic E-state index is 8.63. The molecule has 0 bridgehead atoms. The first kappa shape index (κ1) is 6.98. The Morgan fingerprint density at radius 2 is 1.50 bits per heavy atom. The fourth-order valence-electron chi connectivity index (χ4n) is 0.428. The normalized spacial score (nSPS) is 7.50. The average molecular weight is 111 g/mol. The number of aromatic hydroxyl groups is 1. The zero-order chi connectivity index (χ0) is 5.11. The number of hydrogen-bond acceptors (Lipinski definition) is 1. The number of hydrogen-bond donors (Lipinski definition) is 2. The van der Waals surface area contributed by atoms with Crippen LogP contribution in [0, 0.1) is 0 Å². The molecule has 8 heavy (non-hydrogen) atoms. The third kappa shape index (κ3) is 1.62. The Morgan fingerprint density at radius 1 is 1.00 bits per heavy atom. The molecular weight excluding hydrogens is 104 g/mol. The van der Waals surface area contributed by atoms with Gasteiger partial charge in [-0.25, -0.2) is 0 Å². The molecule has 0 heterocycles. The predicted molar refractivity (Wildman–Crippen MR) is 30.0 cm³/mol. The smallest absolute Gasteiger partial charge is 0.115 e. The Bertz CT molecular complexity index is 136. The van der Waals surface area contributed by atoms with Crippen LogP contribution in [-0.2, 0) is 0 Å².